The number of thiocarbonyl (C=S) groups is 1. The van der Waals surface area contributed by atoms with E-state index in [1.54, 1.807) is 23.5 Å². The van der Waals surface area contributed by atoms with Gasteiger partial charge < -0.3 is 25.7 Å². The lowest BCUT2D eigenvalue weighted by molar-refractivity contribution is -0.131. The van der Waals surface area contributed by atoms with Crippen LogP contribution < -0.4 is 15.5 Å². The van der Waals surface area contributed by atoms with Crippen LogP contribution >= 0.6 is 35.2 Å². The lowest BCUT2D eigenvalue weighted by atomic mass is 9.77. The molecule has 1 saturated carbocycles. The van der Waals surface area contributed by atoms with E-state index in [9.17, 15) is 15.0 Å². The fourth-order valence-corrected chi connectivity index (χ4v) is 5.09. The van der Waals surface area contributed by atoms with Gasteiger partial charge in [-0.2, -0.15) is 0 Å². The van der Waals surface area contributed by atoms with Crippen LogP contribution in [-0.4, -0.2) is 45.5 Å². The number of benzene rings is 1. The second kappa shape index (κ2) is 7.96. The first-order chi connectivity index (χ1) is 13.5. The molecule has 0 spiro atoms. The molecule has 0 radical (unpaired) electrons. The number of nitrogens with zero attached hydrogens (tertiary/aromatic N) is 1. The van der Waals surface area contributed by atoms with Gasteiger partial charge >= 0.3 is 0 Å². The summed E-state index contributed by atoms with van der Waals surface area (Å²) in [5.74, 6) is -0.702. The molecule has 2 aliphatic rings. The second-order valence-corrected chi connectivity index (χ2v) is 8.86. The van der Waals surface area contributed by atoms with Gasteiger partial charge in [0.05, 0.1) is 30.7 Å². The Morgan fingerprint density at radius 1 is 1.32 bits per heavy atom. The van der Waals surface area contributed by atoms with E-state index in [2.05, 4.69) is 10.6 Å². The van der Waals surface area contributed by atoms with E-state index >= 15 is 0 Å². The zero-order valence-electron chi connectivity index (χ0n) is 14.8. The van der Waals surface area contributed by atoms with Gasteiger partial charge in [0, 0.05) is 15.6 Å². The van der Waals surface area contributed by atoms with Gasteiger partial charge in [-0.1, -0.05) is 17.7 Å². The molecule has 4 N–H and O–H groups in total. The maximum Gasteiger partial charge on any atom is 0.225 e. The number of hydrogen-bond acceptors (Lipinski definition) is 5. The Bertz CT molecular complexity index is 862. The number of anilines is 1. The summed E-state index contributed by atoms with van der Waals surface area (Å²) in [5.41, 5.74) is 0.786. The Morgan fingerprint density at radius 2 is 2.07 bits per heavy atom. The molecule has 0 unspecified atom stereocenters. The monoisotopic (exact) mass is 437 g/mol. The van der Waals surface area contributed by atoms with Crippen LogP contribution in [0.2, 0.25) is 5.02 Å². The summed E-state index contributed by atoms with van der Waals surface area (Å²) in [5, 5.41) is 29.9. The highest BCUT2D eigenvalue weighted by molar-refractivity contribution is 7.80. The maximum absolute atomic E-state index is 13.0. The quantitative estimate of drug-likeness (QED) is 0.547. The van der Waals surface area contributed by atoms with E-state index in [1.165, 1.54) is 0 Å². The molecule has 2 fully saturated rings. The van der Waals surface area contributed by atoms with Gasteiger partial charge in [-0.05, 0) is 54.4 Å². The topological polar surface area (TPSA) is 84.8 Å². The van der Waals surface area contributed by atoms with E-state index in [-0.39, 0.29) is 12.3 Å². The molecule has 2 heterocycles. The van der Waals surface area contributed by atoms with Crippen molar-refractivity contribution in [1.82, 2.24) is 10.6 Å². The standard InChI is InChI=1S/C19H20ClN3O3S2/c20-10-3-5-11(6-4-10)23-16-13(18(26)21-9-12-2-1-7-28-12)8-14(24)17(25)15(16)22-19(23)27/h1-7,13-17,24-25H,8-9H2,(H,21,26)(H,22,27)/t13-,14+,15-,16+,17-/m0/s1. The summed E-state index contributed by atoms with van der Waals surface area (Å²) in [7, 11) is 0. The number of fused-ring (bicyclic) bond motifs is 1. The molecule has 9 heteroatoms. The van der Waals surface area contributed by atoms with Crippen molar-refractivity contribution < 1.29 is 15.0 Å². The number of rotatable bonds is 4. The van der Waals surface area contributed by atoms with Crippen LogP contribution in [0.3, 0.4) is 0 Å². The lowest BCUT2D eigenvalue weighted by Gasteiger charge is -2.41. The third-order valence-electron chi connectivity index (χ3n) is 5.30. The fraction of sp³-hybridized carbons (Fsp3) is 0.368. The number of halogens is 1. The van der Waals surface area contributed by atoms with Crippen molar-refractivity contribution >= 4 is 51.9 Å². The summed E-state index contributed by atoms with van der Waals surface area (Å²) < 4.78 is 0. The van der Waals surface area contributed by atoms with E-state index in [4.69, 9.17) is 23.8 Å². The van der Waals surface area contributed by atoms with Crippen LogP contribution in [0.15, 0.2) is 41.8 Å². The Kier molecular flexibility index (Phi) is 5.57. The van der Waals surface area contributed by atoms with Crippen molar-refractivity contribution in [2.45, 2.75) is 37.3 Å². The van der Waals surface area contributed by atoms with Crippen molar-refractivity contribution in [1.29, 1.82) is 0 Å². The van der Waals surface area contributed by atoms with Crippen LogP contribution in [0, 0.1) is 5.92 Å². The summed E-state index contributed by atoms with van der Waals surface area (Å²) in [6.07, 6.45) is -1.85. The molecule has 148 valence electrons. The van der Waals surface area contributed by atoms with Crippen LogP contribution in [0.1, 0.15) is 11.3 Å². The Hall–Kier alpha value is -1.71. The molecule has 6 nitrogen and oxygen atoms in total. The van der Waals surface area contributed by atoms with E-state index in [1.807, 2.05) is 34.5 Å². The highest BCUT2D eigenvalue weighted by atomic mass is 35.5. The fourth-order valence-electron chi connectivity index (χ4n) is 3.96. The third kappa shape index (κ3) is 3.62. The number of carbonyl (C=O) groups excluding carboxylic acids is 1. The maximum atomic E-state index is 13.0. The van der Waals surface area contributed by atoms with Gasteiger partial charge in [-0.15, -0.1) is 11.3 Å². The number of nitrogens with one attached hydrogen (secondary N) is 2. The number of aliphatic hydroxyl groups is 2. The summed E-state index contributed by atoms with van der Waals surface area (Å²) in [6, 6.07) is 10.1. The molecular formula is C19H20ClN3O3S2. The van der Waals surface area contributed by atoms with E-state index in [0.29, 0.717) is 16.7 Å². The van der Waals surface area contributed by atoms with Crippen molar-refractivity contribution in [2.24, 2.45) is 5.92 Å². The van der Waals surface area contributed by atoms with Crippen LogP contribution in [0.4, 0.5) is 5.69 Å². The van der Waals surface area contributed by atoms with Gasteiger partial charge in [0.15, 0.2) is 5.11 Å². The summed E-state index contributed by atoms with van der Waals surface area (Å²) in [4.78, 5) is 15.9. The molecule has 4 rings (SSSR count). The number of carbonyl (C=O) groups is 1. The van der Waals surface area contributed by atoms with Gasteiger partial charge in [0.2, 0.25) is 5.91 Å². The van der Waals surface area contributed by atoms with E-state index in [0.717, 1.165) is 10.6 Å². The first-order valence-electron chi connectivity index (χ1n) is 8.97. The van der Waals surface area contributed by atoms with Crippen molar-refractivity contribution in [2.75, 3.05) is 4.90 Å². The molecule has 1 aliphatic heterocycles. The van der Waals surface area contributed by atoms with Crippen molar-refractivity contribution in [3.05, 3.63) is 51.7 Å². The number of aliphatic hydroxyl groups excluding tert-OH is 2. The molecule has 1 aromatic carbocycles. The third-order valence-corrected chi connectivity index (χ3v) is 6.75. The Labute approximate surface area is 177 Å². The van der Waals surface area contributed by atoms with E-state index < -0.39 is 30.2 Å². The van der Waals surface area contributed by atoms with Crippen molar-refractivity contribution in [3.8, 4) is 0 Å². The van der Waals surface area contributed by atoms with Crippen LogP contribution in [0.5, 0.6) is 0 Å². The molecule has 1 saturated heterocycles. The zero-order chi connectivity index (χ0) is 19.8. The van der Waals surface area contributed by atoms with Gasteiger partial charge in [0.1, 0.15) is 6.10 Å². The normalized spacial score (nSPS) is 29.3. The van der Waals surface area contributed by atoms with Crippen molar-refractivity contribution in [3.63, 3.8) is 0 Å². The van der Waals surface area contributed by atoms with Gasteiger partial charge in [-0.25, -0.2) is 0 Å². The molecule has 5 atom stereocenters. The minimum Gasteiger partial charge on any atom is -0.390 e. The largest absolute Gasteiger partial charge is 0.390 e. The molecule has 1 amide bonds. The summed E-state index contributed by atoms with van der Waals surface area (Å²) >= 11 is 13.1. The number of thiophene rings is 1. The molecular weight excluding hydrogens is 418 g/mol. The SMILES string of the molecule is O=C(NCc1cccs1)[C@H]1C[C@@H](O)[C@H](O)[C@H]2NC(=S)N(c3ccc(Cl)cc3)[C@@H]21. The smallest absolute Gasteiger partial charge is 0.225 e. The Balaban J connectivity index is 1.61. The van der Waals surface area contributed by atoms with Crippen LogP contribution in [0.25, 0.3) is 0 Å². The first-order valence-corrected chi connectivity index (χ1v) is 10.6. The summed E-state index contributed by atoms with van der Waals surface area (Å²) in [6.45, 7) is 0.432. The molecule has 1 aliphatic carbocycles. The highest BCUT2D eigenvalue weighted by Crippen LogP contribution is 2.37. The molecule has 2 aromatic rings. The predicted octanol–water partition coefficient (Wildman–Crippen LogP) is 1.89. The average Bonchev–Trinajstić information content (AvgIpc) is 3.31. The van der Waals surface area contributed by atoms with Gasteiger partial charge in [0.25, 0.3) is 0 Å². The highest BCUT2D eigenvalue weighted by Gasteiger charge is 2.53. The lowest BCUT2D eigenvalue weighted by Crippen LogP contribution is -2.60. The number of amides is 1. The zero-order valence-corrected chi connectivity index (χ0v) is 17.2. The molecule has 1 aromatic heterocycles. The van der Waals surface area contributed by atoms with Gasteiger partial charge in [-0.3, -0.25) is 4.79 Å². The molecule has 0 bridgehead atoms. The number of hydrogen-bond donors (Lipinski definition) is 4. The van der Waals surface area contributed by atoms with Crippen LogP contribution in [-0.2, 0) is 11.3 Å². The molecule has 28 heavy (non-hydrogen) atoms. The minimum atomic E-state index is -1.01. The first kappa shape index (κ1) is 19.6. The minimum absolute atomic E-state index is 0.160. The predicted molar refractivity (Wildman–Crippen MR) is 114 cm³/mol. The average molecular weight is 438 g/mol. The Morgan fingerprint density at radius 3 is 2.75 bits per heavy atom. The second-order valence-electron chi connectivity index (χ2n) is 7.01.